The van der Waals surface area contributed by atoms with Crippen molar-refractivity contribution in [2.24, 2.45) is 0 Å². The van der Waals surface area contributed by atoms with Crippen LogP contribution in [0.3, 0.4) is 0 Å². The average Bonchev–Trinajstić information content (AvgIpc) is 2.52. The van der Waals surface area contributed by atoms with Gasteiger partial charge in [0.2, 0.25) is 11.9 Å². The van der Waals surface area contributed by atoms with E-state index < -0.39 is 17.9 Å². The summed E-state index contributed by atoms with van der Waals surface area (Å²) < 4.78 is 9.43. The maximum absolute atomic E-state index is 11.5. The zero-order valence-corrected chi connectivity index (χ0v) is 11.9. The van der Waals surface area contributed by atoms with Crippen LogP contribution in [0.25, 0.3) is 6.08 Å². The van der Waals surface area contributed by atoms with Crippen LogP contribution in [0.1, 0.15) is 22.8 Å². The molecule has 2 unspecified atom stereocenters. The molecule has 0 fully saturated rings. The Bertz CT molecular complexity index is 507. The highest BCUT2D eigenvalue weighted by molar-refractivity contribution is 5.77. The van der Waals surface area contributed by atoms with Gasteiger partial charge < -0.3 is 19.7 Å². The van der Waals surface area contributed by atoms with Crippen LogP contribution in [0.5, 0.6) is 0 Å². The molecule has 1 aromatic rings. The first-order valence-electron chi connectivity index (χ1n) is 6.33. The Balaban J connectivity index is 2.89. The number of aliphatic hydroxyl groups excluding tert-OH is 1. The van der Waals surface area contributed by atoms with Gasteiger partial charge in [0.15, 0.2) is 0 Å². The normalized spacial score (nSPS) is 15.4. The molecule has 0 saturated heterocycles. The fourth-order valence-electron chi connectivity index (χ4n) is 1.56. The average molecular weight is 294 g/mol. The van der Waals surface area contributed by atoms with Crippen molar-refractivity contribution in [1.82, 2.24) is 0 Å². The highest BCUT2D eigenvalue weighted by atomic mass is 16.6. The molecule has 0 spiro atoms. The van der Waals surface area contributed by atoms with Crippen LogP contribution in [0, 0.1) is 0 Å². The third-order valence-corrected chi connectivity index (χ3v) is 2.82. The maximum atomic E-state index is 11.5. The summed E-state index contributed by atoms with van der Waals surface area (Å²) in [6, 6.07) is 6.49. The minimum atomic E-state index is -2.20. The number of rotatable bonds is 7. The van der Waals surface area contributed by atoms with Gasteiger partial charge in [0.25, 0.3) is 0 Å². The first kappa shape index (κ1) is 17.0. The van der Waals surface area contributed by atoms with Gasteiger partial charge in [-0.2, -0.15) is 0 Å². The first-order chi connectivity index (χ1) is 9.96. The van der Waals surface area contributed by atoms with Crippen LogP contribution < -0.4 is 0 Å². The van der Waals surface area contributed by atoms with Crippen LogP contribution in [-0.4, -0.2) is 48.1 Å². The number of hydrogen-bond donors (Lipinski definition) is 2. The van der Waals surface area contributed by atoms with Crippen LogP contribution in [-0.2, 0) is 14.3 Å². The second kappa shape index (κ2) is 7.68. The standard InChI is InChI=1S/C15H18O6/c1-3-21-14(18)13(17)15(19,20-2)9-8-11-4-6-12(10-16)7-5-11/h4-10,13,17,19H,3H2,1-2H3/b9-8+. The molecule has 0 bridgehead atoms. The molecule has 0 saturated carbocycles. The molecule has 0 aliphatic rings. The monoisotopic (exact) mass is 294 g/mol. The summed E-state index contributed by atoms with van der Waals surface area (Å²) in [5, 5.41) is 19.9. The fraction of sp³-hybridized carbons (Fsp3) is 0.333. The van der Waals surface area contributed by atoms with E-state index >= 15 is 0 Å². The number of esters is 1. The van der Waals surface area contributed by atoms with E-state index in [4.69, 9.17) is 4.74 Å². The molecule has 1 rings (SSSR count). The van der Waals surface area contributed by atoms with Crippen LogP contribution >= 0.6 is 0 Å². The summed E-state index contributed by atoms with van der Waals surface area (Å²) in [4.78, 5) is 22.0. The summed E-state index contributed by atoms with van der Waals surface area (Å²) in [7, 11) is 1.16. The number of carbonyl (C=O) groups excluding carboxylic acids is 2. The van der Waals surface area contributed by atoms with E-state index in [1.165, 1.54) is 6.08 Å². The minimum Gasteiger partial charge on any atom is -0.464 e. The number of methoxy groups -OCH3 is 1. The maximum Gasteiger partial charge on any atom is 0.341 e. The Kier molecular flexibility index (Phi) is 6.23. The predicted molar refractivity (Wildman–Crippen MR) is 75.5 cm³/mol. The summed E-state index contributed by atoms with van der Waals surface area (Å²) in [6.07, 6.45) is 1.45. The second-order valence-corrected chi connectivity index (χ2v) is 4.23. The van der Waals surface area contributed by atoms with E-state index in [9.17, 15) is 19.8 Å². The summed E-state index contributed by atoms with van der Waals surface area (Å²) in [6.45, 7) is 1.66. The van der Waals surface area contributed by atoms with E-state index in [0.29, 0.717) is 17.4 Å². The smallest absolute Gasteiger partial charge is 0.341 e. The third-order valence-electron chi connectivity index (χ3n) is 2.82. The molecule has 6 nitrogen and oxygen atoms in total. The van der Waals surface area contributed by atoms with Crippen molar-refractivity contribution in [3.05, 3.63) is 41.5 Å². The first-order valence-corrected chi connectivity index (χ1v) is 6.33. The van der Waals surface area contributed by atoms with Gasteiger partial charge in [-0.1, -0.05) is 30.3 Å². The van der Waals surface area contributed by atoms with Crippen LogP contribution in [0.2, 0.25) is 0 Å². The van der Waals surface area contributed by atoms with E-state index in [2.05, 4.69) is 4.74 Å². The number of hydrogen-bond acceptors (Lipinski definition) is 6. The Labute approximate surface area is 122 Å². The molecule has 0 aromatic heterocycles. The zero-order chi connectivity index (χ0) is 15.9. The van der Waals surface area contributed by atoms with Gasteiger partial charge in [0.05, 0.1) is 6.61 Å². The van der Waals surface area contributed by atoms with Crippen molar-refractivity contribution in [3.63, 3.8) is 0 Å². The molecule has 0 aliphatic heterocycles. The van der Waals surface area contributed by atoms with Crippen LogP contribution in [0.15, 0.2) is 30.3 Å². The Morgan fingerprint density at radius 2 is 1.90 bits per heavy atom. The van der Waals surface area contributed by atoms with Gasteiger partial charge in [-0.05, 0) is 18.6 Å². The number of aldehydes is 1. The lowest BCUT2D eigenvalue weighted by molar-refractivity contribution is -0.219. The lowest BCUT2D eigenvalue weighted by Gasteiger charge is -2.26. The van der Waals surface area contributed by atoms with Crippen molar-refractivity contribution < 1.29 is 29.3 Å². The molecular weight excluding hydrogens is 276 g/mol. The lowest BCUT2D eigenvalue weighted by Crippen LogP contribution is -2.47. The van der Waals surface area contributed by atoms with Crippen molar-refractivity contribution in [2.45, 2.75) is 18.8 Å². The van der Waals surface area contributed by atoms with Gasteiger partial charge >= 0.3 is 5.97 Å². The van der Waals surface area contributed by atoms with Gasteiger partial charge in [0.1, 0.15) is 6.29 Å². The summed E-state index contributed by atoms with van der Waals surface area (Å²) >= 11 is 0. The molecule has 0 aliphatic carbocycles. The Morgan fingerprint density at radius 3 is 2.38 bits per heavy atom. The van der Waals surface area contributed by atoms with Gasteiger partial charge in [-0.25, -0.2) is 4.79 Å². The van der Waals surface area contributed by atoms with Crippen LogP contribution in [0.4, 0.5) is 0 Å². The summed E-state index contributed by atoms with van der Waals surface area (Å²) in [5.41, 5.74) is 1.17. The quantitative estimate of drug-likeness (QED) is 0.438. The van der Waals surface area contributed by atoms with Crippen molar-refractivity contribution in [2.75, 3.05) is 13.7 Å². The van der Waals surface area contributed by atoms with E-state index in [0.717, 1.165) is 13.2 Å². The van der Waals surface area contributed by atoms with Crippen molar-refractivity contribution in [3.8, 4) is 0 Å². The second-order valence-electron chi connectivity index (χ2n) is 4.23. The number of ether oxygens (including phenoxy) is 2. The molecule has 21 heavy (non-hydrogen) atoms. The topological polar surface area (TPSA) is 93.1 Å². The highest BCUT2D eigenvalue weighted by Gasteiger charge is 2.39. The third kappa shape index (κ3) is 4.49. The molecule has 0 radical (unpaired) electrons. The lowest BCUT2D eigenvalue weighted by atomic mass is 10.1. The molecule has 1 aromatic carbocycles. The fourth-order valence-corrected chi connectivity index (χ4v) is 1.56. The largest absolute Gasteiger partial charge is 0.464 e. The van der Waals surface area contributed by atoms with E-state index in [-0.39, 0.29) is 6.61 Å². The minimum absolute atomic E-state index is 0.0760. The van der Waals surface area contributed by atoms with Gasteiger partial charge in [0, 0.05) is 12.7 Å². The van der Waals surface area contributed by atoms with Crippen molar-refractivity contribution in [1.29, 1.82) is 0 Å². The molecule has 0 heterocycles. The van der Waals surface area contributed by atoms with E-state index in [1.54, 1.807) is 31.2 Å². The number of carbonyl (C=O) groups is 2. The Morgan fingerprint density at radius 1 is 1.33 bits per heavy atom. The predicted octanol–water partition coefficient (Wildman–Crippen LogP) is 0.771. The SMILES string of the molecule is CCOC(=O)C(O)C(O)(/C=C/c1ccc(C=O)cc1)OC. The number of aliphatic hydroxyl groups is 2. The van der Waals surface area contributed by atoms with Crippen molar-refractivity contribution >= 4 is 18.3 Å². The van der Waals surface area contributed by atoms with E-state index in [1.807, 2.05) is 0 Å². The molecule has 2 atom stereocenters. The van der Waals surface area contributed by atoms with Gasteiger partial charge in [-0.15, -0.1) is 0 Å². The molecule has 0 amide bonds. The Hall–Kier alpha value is -2.02. The van der Waals surface area contributed by atoms with Gasteiger partial charge in [-0.3, -0.25) is 4.79 Å². The molecule has 6 heteroatoms. The molecule has 114 valence electrons. The summed E-state index contributed by atoms with van der Waals surface area (Å²) in [5.74, 6) is -3.18. The number of benzene rings is 1. The highest BCUT2D eigenvalue weighted by Crippen LogP contribution is 2.17. The zero-order valence-electron chi connectivity index (χ0n) is 11.9. The molecule has 2 N–H and O–H groups in total. The molecular formula is C15H18O6.